The Balaban J connectivity index is 2.61. The van der Waals surface area contributed by atoms with Gasteiger partial charge in [0, 0.05) is 12.6 Å². The zero-order valence-electron chi connectivity index (χ0n) is 10.6. The molecule has 0 saturated carbocycles. The van der Waals surface area contributed by atoms with Crippen LogP contribution < -0.4 is 11.1 Å². The Kier molecular flexibility index (Phi) is 6.07. The monoisotopic (exact) mass is 284 g/mol. The molecule has 8 heteroatoms. The minimum absolute atomic E-state index is 0.00721. The van der Waals surface area contributed by atoms with Gasteiger partial charge in [-0.2, -0.15) is 11.8 Å². The predicted molar refractivity (Wildman–Crippen MR) is 75.3 cm³/mol. The normalized spacial score (nSPS) is 10.2. The van der Waals surface area contributed by atoms with Crippen LogP contribution in [0, 0.1) is 10.1 Å². The molecule has 0 saturated heterocycles. The van der Waals surface area contributed by atoms with Gasteiger partial charge in [0.1, 0.15) is 12.0 Å². The lowest BCUT2D eigenvalue weighted by atomic mass is 10.2. The van der Waals surface area contributed by atoms with Gasteiger partial charge in [-0.1, -0.05) is 0 Å². The number of nitro groups is 1. The van der Waals surface area contributed by atoms with Crippen molar-refractivity contribution in [1.82, 2.24) is 10.3 Å². The maximum atomic E-state index is 11.8. The molecule has 0 aliphatic heterocycles. The molecule has 1 heterocycles. The summed E-state index contributed by atoms with van der Waals surface area (Å²) in [5.41, 5.74) is 5.34. The van der Waals surface area contributed by atoms with E-state index in [9.17, 15) is 14.9 Å². The molecule has 0 unspecified atom stereocenters. The van der Waals surface area contributed by atoms with E-state index in [-0.39, 0.29) is 17.1 Å². The minimum atomic E-state index is -0.609. The zero-order chi connectivity index (χ0) is 14.3. The zero-order valence-corrected chi connectivity index (χ0v) is 11.4. The molecule has 1 rings (SSSR count). The first-order valence-corrected chi connectivity index (χ1v) is 7.12. The number of unbranched alkanes of at least 4 members (excludes halogenated alkanes) is 1. The molecule has 1 aromatic rings. The number of pyridine rings is 1. The predicted octanol–water partition coefficient (Wildman–Crippen LogP) is 1.44. The number of hydrogen-bond donors (Lipinski definition) is 2. The van der Waals surface area contributed by atoms with Crippen LogP contribution in [0.2, 0.25) is 0 Å². The highest BCUT2D eigenvalue weighted by molar-refractivity contribution is 7.98. The summed E-state index contributed by atoms with van der Waals surface area (Å²) in [6, 6.07) is 1.14. The van der Waals surface area contributed by atoms with E-state index in [0.717, 1.165) is 30.9 Å². The third-order valence-corrected chi connectivity index (χ3v) is 3.12. The van der Waals surface area contributed by atoms with Gasteiger partial charge in [0.25, 0.3) is 11.6 Å². The van der Waals surface area contributed by atoms with E-state index in [2.05, 4.69) is 10.3 Å². The maximum Gasteiger partial charge on any atom is 0.288 e. The number of carbonyl (C=O) groups excluding carboxylic acids is 1. The lowest BCUT2D eigenvalue weighted by Crippen LogP contribution is -2.25. The molecule has 0 bridgehead atoms. The van der Waals surface area contributed by atoms with Crippen LogP contribution in [0.4, 0.5) is 11.5 Å². The van der Waals surface area contributed by atoms with Crippen LogP contribution in [-0.2, 0) is 0 Å². The van der Waals surface area contributed by atoms with Gasteiger partial charge in [-0.25, -0.2) is 4.98 Å². The molecule has 0 atom stereocenters. The highest BCUT2D eigenvalue weighted by atomic mass is 32.2. The lowest BCUT2D eigenvalue weighted by molar-refractivity contribution is -0.385. The van der Waals surface area contributed by atoms with Gasteiger partial charge in [0.05, 0.1) is 10.5 Å². The summed E-state index contributed by atoms with van der Waals surface area (Å²) in [6.45, 7) is 0.515. The Labute approximate surface area is 115 Å². The Hall–Kier alpha value is -1.83. The number of amides is 1. The number of anilines is 1. The maximum absolute atomic E-state index is 11.8. The first-order chi connectivity index (χ1) is 9.06. The van der Waals surface area contributed by atoms with E-state index in [4.69, 9.17) is 5.73 Å². The Morgan fingerprint density at radius 1 is 1.58 bits per heavy atom. The lowest BCUT2D eigenvalue weighted by Gasteiger charge is -2.06. The van der Waals surface area contributed by atoms with Crippen molar-refractivity contribution in [3.8, 4) is 0 Å². The van der Waals surface area contributed by atoms with E-state index in [1.807, 2.05) is 6.26 Å². The van der Waals surface area contributed by atoms with Crippen LogP contribution in [0.5, 0.6) is 0 Å². The van der Waals surface area contributed by atoms with E-state index >= 15 is 0 Å². The van der Waals surface area contributed by atoms with E-state index in [1.165, 1.54) is 0 Å². The first kappa shape index (κ1) is 15.2. The van der Waals surface area contributed by atoms with Gasteiger partial charge in [0.15, 0.2) is 0 Å². The Bertz CT molecular complexity index is 467. The van der Waals surface area contributed by atoms with Crippen molar-refractivity contribution in [3.05, 3.63) is 27.9 Å². The Morgan fingerprint density at radius 2 is 2.32 bits per heavy atom. The third kappa shape index (κ3) is 4.74. The van der Waals surface area contributed by atoms with Crippen molar-refractivity contribution in [2.24, 2.45) is 0 Å². The molecule has 19 heavy (non-hydrogen) atoms. The van der Waals surface area contributed by atoms with Crippen molar-refractivity contribution in [2.45, 2.75) is 12.8 Å². The second-order valence-corrected chi connectivity index (χ2v) is 4.82. The minimum Gasteiger partial charge on any atom is -0.383 e. The third-order valence-electron chi connectivity index (χ3n) is 2.42. The van der Waals surface area contributed by atoms with Gasteiger partial charge in [0.2, 0.25) is 0 Å². The Morgan fingerprint density at radius 3 is 2.95 bits per heavy atom. The SMILES string of the molecule is CSCCCCNC(=O)c1cc([N+](=O)[O-])cnc1N. The fourth-order valence-electron chi connectivity index (χ4n) is 1.41. The standard InChI is InChI=1S/C11H16N4O3S/c1-19-5-3-2-4-13-11(16)9-6-8(15(17)18)7-14-10(9)12/h6-7H,2-5H2,1H3,(H2,12,14)(H,13,16). The van der Waals surface area contributed by atoms with E-state index < -0.39 is 10.8 Å². The number of carbonyl (C=O) groups is 1. The number of hydrogen-bond acceptors (Lipinski definition) is 6. The summed E-state index contributed by atoms with van der Waals surface area (Å²) < 4.78 is 0. The molecular formula is C11H16N4O3S. The number of nitrogens with two attached hydrogens (primary N) is 1. The van der Waals surface area contributed by atoms with Crippen LogP contribution in [0.3, 0.4) is 0 Å². The van der Waals surface area contributed by atoms with Crippen molar-refractivity contribution in [2.75, 3.05) is 24.3 Å². The molecule has 0 spiro atoms. The van der Waals surface area contributed by atoms with Gasteiger partial charge >= 0.3 is 0 Å². The summed E-state index contributed by atoms with van der Waals surface area (Å²) in [7, 11) is 0. The number of aromatic nitrogens is 1. The second kappa shape index (κ2) is 7.57. The van der Waals surface area contributed by atoms with Crippen molar-refractivity contribution in [3.63, 3.8) is 0 Å². The molecule has 3 N–H and O–H groups in total. The quantitative estimate of drug-likeness (QED) is 0.445. The van der Waals surface area contributed by atoms with Gasteiger partial charge in [-0.15, -0.1) is 0 Å². The van der Waals surface area contributed by atoms with Crippen molar-refractivity contribution >= 4 is 29.2 Å². The molecule has 0 aliphatic rings. The fourth-order valence-corrected chi connectivity index (χ4v) is 1.91. The highest BCUT2D eigenvalue weighted by Gasteiger charge is 2.15. The summed E-state index contributed by atoms with van der Waals surface area (Å²) >= 11 is 1.75. The van der Waals surface area contributed by atoms with Gasteiger partial charge in [-0.05, 0) is 24.9 Å². The van der Waals surface area contributed by atoms with E-state index in [0.29, 0.717) is 6.54 Å². The second-order valence-electron chi connectivity index (χ2n) is 3.84. The molecule has 0 aromatic carbocycles. The van der Waals surface area contributed by atoms with Crippen LogP contribution in [0.25, 0.3) is 0 Å². The number of thioether (sulfide) groups is 1. The summed E-state index contributed by atoms with van der Waals surface area (Å²) in [5, 5.41) is 13.3. The number of nitrogen functional groups attached to an aromatic ring is 1. The molecular weight excluding hydrogens is 268 g/mol. The average molecular weight is 284 g/mol. The number of rotatable bonds is 7. The molecule has 104 valence electrons. The number of nitrogens with one attached hydrogen (secondary N) is 1. The molecule has 0 fully saturated rings. The summed E-state index contributed by atoms with van der Waals surface area (Å²) in [4.78, 5) is 25.5. The van der Waals surface area contributed by atoms with Gasteiger partial charge < -0.3 is 11.1 Å². The molecule has 7 nitrogen and oxygen atoms in total. The molecule has 1 aromatic heterocycles. The smallest absolute Gasteiger partial charge is 0.288 e. The topological polar surface area (TPSA) is 111 Å². The van der Waals surface area contributed by atoms with Crippen molar-refractivity contribution in [1.29, 1.82) is 0 Å². The van der Waals surface area contributed by atoms with Crippen LogP contribution >= 0.6 is 11.8 Å². The summed E-state index contributed by atoms with van der Waals surface area (Å²) in [6.07, 6.45) is 4.91. The first-order valence-electron chi connectivity index (χ1n) is 5.73. The molecule has 0 aliphatic carbocycles. The van der Waals surface area contributed by atoms with Crippen molar-refractivity contribution < 1.29 is 9.72 Å². The largest absolute Gasteiger partial charge is 0.383 e. The van der Waals surface area contributed by atoms with Crippen LogP contribution in [0.1, 0.15) is 23.2 Å². The average Bonchev–Trinajstić information content (AvgIpc) is 2.38. The summed E-state index contributed by atoms with van der Waals surface area (Å²) in [5.74, 6) is 0.598. The fraction of sp³-hybridized carbons (Fsp3) is 0.455. The highest BCUT2D eigenvalue weighted by Crippen LogP contribution is 2.16. The number of nitrogens with zero attached hydrogens (tertiary/aromatic N) is 2. The van der Waals surface area contributed by atoms with Crippen LogP contribution in [-0.4, -0.2) is 34.4 Å². The van der Waals surface area contributed by atoms with E-state index in [1.54, 1.807) is 11.8 Å². The van der Waals surface area contributed by atoms with Gasteiger partial charge in [-0.3, -0.25) is 14.9 Å². The van der Waals surface area contributed by atoms with Crippen LogP contribution in [0.15, 0.2) is 12.3 Å². The molecule has 1 amide bonds. The molecule has 0 radical (unpaired) electrons.